The third-order valence-corrected chi connectivity index (χ3v) is 5.66. The molecule has 8 heteroatoms. The fourth-order valence-electron chi connectivity index (χ4n) is 4.18. The molecule has 0 aromatic heterocycles. The van der Waals surface area contributed by atoms with Gasteiger partial charge in [0.05, 0.1) is 11.1 Å². The van der Waals surface area contributed by atoms with Crippen molar-refractivity contribution in [2.75, 3.05) is 17.3 Å². The summed E-state index contributed by atoms with van der Waals surface area (Å²) in [5, 5.41) is 2.45. The minimum atomic E-state index is -2.83. The van der Waals surface area contributed by atoms with Gasteiger partial charge in [0.2, 0.25) is 11.8 Å². The maximum absolute atomic E-state index is 14.8. The average molecular weight is 404 g/mol. The van der Waals surface area contributed by atoms with Gasteiger partial charge in [-0.15, -0.1) is 0 Å². The Balaban J connectivity index is 1.64. The molecule has 1 aliphatic carbocycles. The lowest BCUT2D eigenvalue weighted by Gasteiger charge is -2.36. The van der Waals surface area contributed by atoms with Gasteiger partial charge >= 0.3 is 6.09 Å². The normalized spacial score (nSPS) is 19.2. The summed E-state index contributed by atoms with van der Waals surface area (Å²) < 4.78 is 47.4. The summed E-state index contributed by atoms with van der Waals surface area (Å²) in [6.45, 7) is 0. The van der Waals surface area contributed by atoms with Crippen LogP contribution in [-0.2, 0) is 10.2 Å². The first-order valence-electron chi connectivity index (χ1n) is 9.26. The molecule has 5 nitrogen and oxygen atoms in total. The Hall–Kier alpha value is -3.03. The summed E-state index contributed by atoms with van der Waals surface area (Å²) in [4.78, 5) is 26.2. The predicted octanol–water partition coefficient (Wildman–Crippen LogP) is 4.86. The molecule has 2 aliphatic rings. The Morgan fingerprint density at radius 2 is 1.76 bits per heavy atom. The Kier molecular flexibility index (Phi) is 4.52. The molecule has 1 spiro atoms. The zero-order chi connectivity index (χ0) is 20.8. The molecule has 152 valence electrons. The lowest BCUT2D eigenvalue weighted by atomic mass is 9.69. The summed E-state index contributed by atoms with van der Waals surface area (Å²) in [7, 11) is 1.43. The van der Waals surface area contributed by atoms with Crippen molar-refractivity contribution in [1.82, 2.24) is 0 Å². The number of halogens is 3. The van der Waals surface area contributed by atoms with Gasteiger partial charge in [0, 0.05) is 25.6 Å². The highest BCUT2D eigenvalue weighted by molar-refractivity contribution is 6.08. The van der Waals surface area contributed by atoms with Crippen molar-refractivity contribution in [3.63, 3.8) is 0 Å². The fraction of sp³-hybridized carbons (Fsp3) is 0.333. The summed E-state index contributed by atoms with van der Waals surface area (Å²) in [6, 6.07) is 10.9. The van der Waals surface area contributed by atoms with Gasteiger partial charge in [0.1, 0.15) is 11.6 Å². The molecule has 29 heavy (non-hydrogen) atoms. The van der Waals surface area contributed by atoms with Crippen molar-refractivity contribution in [3.8, 4) is 5.75 Å². The van der Waals surface area contributed by atoms with Crippen molar-refractivity contribution in [2.45, 2.75) is 37.0 Å². The summed E-state index contributed by atoms with van der Waals surface area (Å²) in [5.41, 5.74) is -0.701. The van der Waals surface area contributed by atoms with Gasteiger partial charge in [-0.1, -0.05) is 18.2 Å². The van der Waals surface area contributed by atoms with E-state index in [2.05, 4.69) is 5.32 Å². The second-order valence-electron chi connectivity index (χ2n) is 7.48. The van der Waals surface area contributed by atoms with Gasteiger partial charge in [-0.25, -0.2) is 18.0 Å². The number of ether oxygens (including phenoxy) is 1. The number of nitrogens with zero attached hydrogens (tertiary/aromatic N) is 1. The van der Waals surface area contributed by atoms with Gasteiger partial charge < -0.3 is 9.64 Å². The second kappa shape index (κ2) is 6.79. The SMILES string of the molecule is CN1C(=O)C2(CCC(F)(F)CC2)c2cc(NC(=O)Oc3ccccc3)cc(F)c21. The molecule has 0 unspecified atom stereocenters. The molecule has 0 saturated heterocycles. The van der Waals surface area contributed by atoms with Crippen LogP contribution in [0.4, 0.5) is 29.3 Å². The molecule has 2 aromatic carbocycles. The molecule has 1 aliphatic heterocycles. The highest BCUT2D eigenvalue weighted by atomic mass is 19.3. The van der Waals surface area contributed by atoms with Crippen LogP contribution in [0.1, 0.15) is 31.2 Å². The molecular weight excluding hydrogens is 385 g/mol. The van der Waals surface area contributed by atoms with Crippen LogP contribution in [-0.4, -0.2) is 25.0 Å². The number of hydrogen-bond donors (Lipinski definition) is 1. The highest BCUT2D eigenvalue weighted by Crippen LogP contribution is 2.53. The lowest BCUT2D eigenvalue weighted by molar-refractivity contribution is -0.127. The van der Waals surface area contributed by atoms with E-state index in [0.29, 0.717) is 11.3 Å². The summed E-state index contributed by atoms with van der Waals surface area (Å²) in [6.07, 6.45) is -1.86. The molecule has 1 fully saturated rings. The van der Waals surface area contributed by atoms with Crippen LogP contribution < -0.4 is 15.0 Å². The van der Waals surface area contributed by atoms with E-state index < -0.39 is 42.0 Å². The van der Waals surface area contributed by atoms with Gasteiger partial charge in [-0.05, 0) is 42.7 Å². The number of rotatable bonds is 2. The third kappa shape index (κ3) is 3.32. The van der Waals surface area contributed by atoms with Crippen molar-refractivity contribution >= 4 is 23.4 Å². The van der Waals surface area contributed by atoms with Crippen LogP contribution in [0, 0.1) is 5.82 Å². The minimum Gasteiger partial charge on any atom is -0.410 e. The minimum absolute atomic E-state index is 0.0715. The van der Waals surface area contributed by atoms with Crippen LogP contribution in [0.2, 0.25) is 0 Å². The largest absolute Gasteiger partial charge is 0.417 e. The van der Waals surface area contributed by atoms with Gasteiger partial charge in [-0.3, -0.25) is 10.1 Å². The van der Waals surface area contributed by atoms with E-state index in [9.17, 15) is 22.8 Å². The molecule has 2 aromatic rings. The lowest BCUT2D eigenvalue weighted by Crippen LogP contribution is -2.44. The molecular formula is C21H19F3N2O3. The van der Waals surface area contributed by atoms with Gasteiger partial charge in [0.25, 0.3) is 0 Å². The van der Waals surface area contributed by atoms with Gasteiger partial charge in [-0.2, -0.15) is 0 Å². The van der Waals surface area contributed by atoms with Crippen molar-refractivity contribution in [3.05, 3.63) is 53.8 Å². The number of alkyl halides is 2. The van der Waals surface area contributed by atoms with Crippen LogP contribution in [0.3, 0.4) is 0 Å². The van der Waals surface area contributed by atoms with E-state index >= 15 is 0 Å². The van der Waals surface area contributed by atoms with Gasteiger partial charge in [0.15, 0.2) is 0 Å². The third-order valence-electron chi connectivity index (χ3n) is 5.66. The first kappa shape index (κ1) is 19.3. The first-order chi connectivity index (χ1) is 13.7. The first-order valence-corrected chi connectivity index (χ1v) is 9.26. The number of anilines is 2. The van der Waals surface area contributed by atoms with E-state index in [1.165, 1.54) is 18.0 Å². The number of fused-ring (bicyclic) bond motifs is 2. The van der Waals surface area contributed by atoms with Crippen LogP contribution in [0.15, 0.2) is 42.5 Å². The summed E-state index contributed by atoms with van der Waals surface area (Å²) in [5.74, 6) is -3.62. The molecule has 0 atom stereocenters. The summed E-state index contributed by atoms with van der Waals surface area (Å²) >= 11 is 0. The molecule has 2 amide bonds. The molecule has 0 radical (unpaired) electrons. The number of nitrogens with one attached hydrogen (secondary N) is 1. The monoisotopic (exact) mass is 404 g/mol. The molecule has 1 saturated carbocycles. The Bertz CT molecular complexity index is 969. The molecule has 4 rings (SSSR count). The quantitative estimate of drug-likeness (QED) is 0.778. The van der Waals surface area contributed by atoms with Crippen LogP contribution in [0.5, 0.6) is 5.75 Å². The maximum Gasteiger partial charge on any atom is 0.417 e. The Morgan fingerprint density at radius 1 is 1.10 bits per heavy atom. The van der Waals surface area contributed by atoms with E-state index in [1.807, 2.05) is 0 Å². The van der Waals surface area contributed by atoms with E-state index in [-0.39, 0.29) is 24.2 Å². The zero-order valence-electron chi connectivity index (χ0n) is 15.7. The Labute approximate surface area is 165 Å². The number of benzene rings is 2. The molecule has 0 bridgehead atoms. The van der Waals surface area contributed by atoms with Crippen molar-refractivity contribution < 1.29 is 27.5 Å². The smallest absolute Gasteiger partial charge is 0.410 e. The fourth-order valence-corrected chi connectivity index (χ4v) is 4.18. The molecule has 1 N–H and O–H groups in total. The van der Waals surface area contributed by atoms with Crippen LogP contribution >= 0.6 is 0 Å². The van der Waals surface area contributed by atoms with E-state index in [0.717, 1.165) is 6.07 Å². The number of para-hydroxylation sites is 1. The maximum atomic E-state index is 14.8. The number of amides is 2. The average Bonchev–Trinajstić information content (AvgIpc) is 2.87. The number of carbonyl (C=O) groups is 2. The van der Waals surface area contributed by atoms with Crippen LogP contribution in [0.25, 0.3) is 0 Å². The van der Waals surface area contributed by atoms with Crippen molar-refractivity contribution in [2.24, 2.45) is 0 Å². The second-order valence-corrected chi connectivity index (χ2v) is 7.48. The number of likely N-dealkylation sites (N-methyl/N-ethyl adjacent to an activating group) is 1. The topological polar surface area (TPSA) is 58.6 Å². The van der Waals surface area contributed by atoms with Crippen molar-refractivity contribution in [1.29, 1.82) is 0 Å². The van der Waals surface area contributed by atoms with E-state index in [4.69, 9.17) is 4.74 Å². The molecule has 1 heterocycles. The zero-order valence-corrected chi connectivity index (χ0v) is 15.7. The Morgan fingerprint density at radius 3 is 2.41 bits per heavy atom. The number of carbonyl (C=O) groups excluding carboxylic acids is 2. The standard InChI is InChI=1S/C21H19F3N2O3/c1-26-17-15(20(18(26)27)7-9-21(23,24)10-8-20)11-13(12-16(17)22)25-19(28)29-14-5-3-2-4-6-14/h2-6,11-12H,7-10H2,1H3,(H,25,28). The van der Waals surface area contributed by atoms with E-state index in [1.54, 1.807) is 30.3 Å². The predicted molar refractivity (Wildman–Crippen MR) is 101 cm³/mol. The highest BCUT2D eigenvalue weighted by Gasteiger charge is 2.55. The number of hydrogen-bond acceptors (Lipinski definition) is 3.